The second-order valence-corrected chi connectivity index (χ2v) is 9.65. The number of likely N-dealkylation sites (tertiary alicyclic amines) is 1. The third-order valence-electron chi connectivity index (χ3n) is 6.50. The number of benzene rings is 1. The predicted octanol–water partition coefficient (Wildman–Crippen LogP) is 4.42. The zero-order chi connectivity index (χ0) is 21.5. The van der Waals surface area contributed by atoms with E-state index in [0.717, 1.165) is 41.2 Å². The van der Waals surface area contributed by atoms with Crippen LogP contribution in [-0.2, 0) is 11.2 Å². The number of carbonyl (C=O) groups is 1. The molecule has 0 aliphatic carbocycles. The number of amides is 1. The van der Waals surface area contributed by atoms with Crippen LogP contribution in [0, 0.1) is 13.8 Å². The number of aryl methyl sites for hydroxylation is 3. The average molecular weight is 435 g/mol. The van der Waals surface area contributed by atoms with Crippen LogP contribution in [0.4, 0.5) is 0 Å². The molecular weight excluding hydrogens is 408 g/mol. The fraction of sp³-hybridized carbons (Fsp3) is 0.375. The summed E-state index contributed by atoms with van der Waals surface area (Å²) in [5.74, 6) is 1.19. The molecule has 6 nitrogen and oxygen atoms in total. The molecule has 1 aromatic carbocycles. The van der Waals surface area contributed by atoms with Gasteiger partial charge in [-0.15, -0.1) is 11.3 Å². The van der Waals surface area contributed by atoms with E-state index in [0.29, 0.717) is 30.0 Å². The Kier molecular flexibility index (Phi) is 5.14. The van der Waals surface area contributed by atoms with Crippen molar-refractivity contribution in [3.05, 3.63) is 62.6 Å². The Morgan fingerprint density at radius 2 is 1.97 bits per heavy atom. The molecule has 7 heteroatoms. The van der Waals surface area contributed by atoms with E-state index in [9.17, 15) is 9.59 Å². The highest BCUT2D eigenvalue weighted by Crippen LogP contribution is 2.30. The molecule has 2 N–H and O–H groups in total. The summed E-state index contributed by atoms with van der Waals surface area (Å²) in [6.45, 7) is 5.49. The van der Waals surface area contributed by atoms with E-state index in [1.807, 2.05) is 24.8 Å². The average Bonchev–Trinajstić information content (AvgIpc) is 3.33. The molecule has 1 amide bonds. The third kappa shape index (κ3) is 3.78. The SMILES string of the molecule is Cc1sc2nc(CCC(=O)N3CCC(c4cc5ccccc5[nH]4)CC3)[nH]c(=O)c2c1C. The Labute approximate surface area is 184 Å². The minimum absolute atomic E-state index is 0.103. The van der Waals surface area contributed by atoms with Crippen molar-refractivity contribution in [1.29, 1.82) is 0 Å². The van der Waals surface area contributed by atoms with Crippen LogP contribution in [0.3, 0.4) is 0 Å². The van der Waals surface area contributed by atoms with Crippen molar-refractivity contribution in [2.75, 3.05) is 13.1 Å². The van der Waals surface area contributed by atoms with Crippen molar-refractivity contribution < 1.29 is 4.79 Å². The molecule has 0 atom stereocenters. The Morgan fingerprint density at radius 3 is 2.74 bits per heavy atom. The highest BCUT2D eigenvalue weighted by molar-refractivity contribution is 7.18. The van der Waals surface area contributed by atoms with E-state index in [1.165, 1.54) is 27.9 Å². The van der Waals surface area contributed by atoms with Crippen LogP contribution in [0.2, 0.25) is 0 Å². The molecule has 5 rings (SSSR count). The van der Waals surface area contributed by atoms with Gasteiger partial charge in [0.25, 0.3) is 5.56 Å². The van der Waals surface area contributed by atoms with E-state index in [-0.39, 0.29) is 11.5 Å². The van der Waals surface area contributed by atoms with Crippen LogP contribution < -0.4 is 5.56 Å². The first-order valence-electron chi connectivity index (χ1n) is 10.8. The standard InChI is InChI=1S/C24H26N4O2S/c1-14-15(2)31-24-22(14)23(30)26-20(27-24)7-8-21(29)28-11-9-16(10-12-28)19-13-17-5-3-4-6-18(17)25-19/h3-6,13,16,25H,7-12H2,1-2H3,(H,26,27,30). The van der Waals surface area contributed by atoms with Gasteiger partial charge in [0.1, 0.15) is 10.7 Å². The second-order valence-electron chi connectivity index (χ2n) is 8.44. The first-order chi connectivity index (χ1) is 15.0. The van der Waals surface area contributed by atoms with Crippen molar-refractivity contribution in [1.82, 2.24) is 19.9 Å². The lowest BCUT2D eigenvalue weighted by molar-refractivity contribution is -0.132. The van der Waals surface area contributed by atoms with Gasteiger partial charge in [0.05, 0.1) is 5.39 Å². The van der Waals surface area contributed by atoms with Crippen LogP contribution in [0.15, 0.2) is 35.1 Å². The molecule has 0 spiro atoms. The zero-order valence-corrected chi connectivity index (χ0v) is 18.6. The number of hydrogen-bond donors (Lipinski definition) is 2. The number of nitrogens with one attached hydrogen (secondary N) is 2. The van der Waals surface area contributed by atoms with Crippen molar-refractivity contribution in [2.45, 2.75) is 45.4 Å². The molecule has 0 saturated carbocycles. The lowest BCUT2D eigenvalue weighted by Gasteiger charge is -2.31. The Morgan fingerprint density at radius 1 is 1.19 bits per heavy atom. The second kappa shape index (κ2) is 7.96. The molecule has 160 valence electrons. The van der Waals surface area contributed by atoms with Crippen molar-refractivity contribution in [3.63, 3.8) is 0 Å². The predicted molar refractivity (Wildman–Crippen MR) is 125 cm³/mol. The molecule has 3 aromatic heterocycles. The fourth-order valence-corrected chi connectivity index (χ4v) is 5.61. The molecule has 31 heavy (non-hydrogen) atoms. The molecule has 0 bridgehead atoms. The number of nitrogens with zero attached hydrogens (tertiary/aromatic N) is 2. The highest BCUT2D eigenvalue weighted by Gasteiger charge is 2.25. The lowest BCUT2D eigenvalue weighted by atomic mass is 9.93. The minimum atomic E-state index is -0.103. The van der Waals surface area contributed by atoms with E-state index in [1.54, 1.807) is 0 Å². The van der Waals surface area contributed by atoms with Crippen molar-refractivity contribution in [2.24, 2.45) is 0 Å². The van der Waals surface area contributed by atoms with Crippen LogP contribution in [0.25, 0.3) is 21.1 Å². The quantitative estimate of drug-likeness (QED) is 0.499. The summed E-state index contributed by atoms with van der Waals surface area (Å²) in [4.78, 5) is 40.0. The number of thiophene rings is 1. The van der Waals surface area contributed by atoms with Gasteiger partial charge in [0.2, 0.25) is 5.91 Å². The van der Waals surface area contributed by atoms with Gasteiger partial charge in [-0.2, -0.15) is 0 Å². The normalized spacial score (nSPS) is 15.2. The Hall–Kier alpha value is -2.93. The van der Waals surface area contributed by atoms with E-state index in [2.05, 4.69) is 39.2 Å². The number of aromatic amines is 2. The smallest absolute Gasteiger partial charge is 0.259 e. The maximum Gasteiger partial charge on any atom is 0.259 e. The number of carbonyl (C=O) groups excluding carboxylic acids is 1. The summed E-state index contributed by atoms with van der Waals surface area (Å²) < 4.78 is 0. The van der Waals surface area contributed by atoms with Gasteiger partial charge in [-0.1, -0.05) is 18.2 Å². The van der Waals surface area contributed by atoms with Gasteiger partial charge in [0, 0.05) is 47.9 Å². The first-order valence-corrected chi connectivity index (χ1v) is 11.7. The molecule has 4 aromatic rings. The highest BCUT2D eigenvalue weighted by atomic mass is 32.1. The Bertz CT molecular complexity index is 1290. The lowest BCUT2D eigenvalue weighted by Crippen LogP contribution is -2.38. The summed E-state index contributed by atoms with van der Waals surface area (Å²) in [5, 5.41) is 1.92. The molecular formula is C24H26N4O2S. The van der Waals surface area contributed by atoms with Gasteiger partial charge in [-0.05, 0) is 49.8 Å². The van der Waals surface area contributed by atoms with Gasteiger partial charge in [0.15, 0.2) is 0 Å². The minimum Gasteiger partial charge on any atom is -0.358 e. The molecule has 1 saturated heterocycles. The molecule has 1 aliphatic heterocycles. The van der Waals surface area contributed by atoms with Gasteiger partial charge in [-0.25, -0.2) is 4.98 Å². The van der Waals surface area contributed by atoms with Gasteiger partial charge in [-0.3, -0.25) is 9.59 Å². The molecule has 1 fully saturated rings. The van der Waals surface area contributed by atoms with E-state index >= 15 is 0 Å². The van der Waals surface area contributed by atoms with E-state index < -0.39 is 0 Å². The molecule has 0 unspecified atom stereocenters. The third-order valence-corrected chi connectivity index (χ3v) is 7.60. The summed E-state index contributed by atoms with van der Waals surface area (Å²) in [6, 6.07) is 10.6. The maximum absolute atomic E-state index is 12.8. The molecule has 0 radical (unpaired) electrons. The number of piperidine rings is 1. The first kappa shape index (κ1) is 20.0. The van der Waals surface area contributed by atoms with Gasteiger partial charge >= 0.3 is 0 Å². The maximum atomic E-state index is 12.8. The Balaban J connectivity index is 1.20. The van der Waals surface area contributed by atoms with Crippen molar-refractivity contribution >= 4 is 38.4 Å². The molecule has 4 heterocycles. The summed E-state index contributed by atoms with van der Waals surface area (Å²) >= 11 is 1.54. The molecule has 1 aliphatic rings. The number of aromatic nitrogens is 3. The number of hydrogen-bond acceptors (Lipinski definition) is 4. The summed E-state index contributed by atoms with van der Waals surface area (Å²) in [7, 11) is 0. The number of fused-ring (bicyclic) bond motifs is 2. The number of para-hydroxylation sites is 1. The van der Waals surface area contributed by atoms with Crippen LogP contribution in [0.5, 0.6) is 0 Å². The summed E-state index contributed by atoms with van der Waals surface area (Å²) in [6.07, 6.45) is 2.76. The fourth-order valence-electron chi connectivity index (χ4n) is 4.56. The number of H-pyrrole nitrogens is 2. The van der Waals surface area contributed by atoms with Crippen LogP contribution in [0.1, 0.15) is 47.1 Å². The monoisotopic (exact) mass is 434 g/mol. The topological polar surface area (TPSA) is 81.8 Å². The van der Waals surface area contributed by atoms with E-state index in [4.69, 9.17) is 0 Å². The zero-order valence-electron chi connectivity index (χ0n) is 17.8. The van der Waals surface area contributed by atoms with Crippen molar-refractivity contribution in [3.8, 4) is 0 Å². The van der Waals surface area contributed by atoms with Gasteiger partial charge < -0.3 is 14.9 Å². The summed E-state index contributed by atoms with van der Waals surface area (Å²) in [5.41, 5.74) is 3.33. The largest absolute Gasteiger partial charge is 0.358 e. The van der Waals surface area contributed by atoms with Crippen LogP contribution in [-0.4, -0.2) is 38.8 Å². The number of rotatable bonds is 4. The van der Waals surface area contributed by atoms with Crippen LogP contribution >= 0.6 is 11.3 Å².